The first-order valence-electron chi connectivity index (χ1n) is 10.9. The van der Waals surface area contributed by atoms with Crippen molar-refractivity contribution in [2.75, 3.05) is 7.11 Å². The highest BCUT2D eigenvalue weighted by molar-refractivity contribution is 9.08. The highest BCUT2D eigenvalue weighted by atomic mass is 79.9. The molecule has 0 spiro atoms. The average molecular weight is 487 g/mol. The number of benzene rings is 4. The van der Waals surface area contributed by atoms with Gasteiger partial charge < -0.3 is 4.74 Å². The summed E-state index contributed by atoms with van der Waals surface area (Å²) in [6.07, 6.45) is 1.10. The van der Waals surface area contributed by atoms with Crippen LogP contribution in [0, 0.1) is 5.92 Å². The van der Waals surface area contributed by atoms with Crippen LogP contribution in [0.15, 0.2) is 78.9 Å². The summed E-state index contributed by atoms with van der Waals surface area (Å²) in [4.78, 5) is 11.9. The molecule has 0 aliphatic heterocycles. The number of alkyl halides is 1. The molecule has 0 saturated heterocycles. The molecule has 0 atom stereocenters. The molecule has 0 unspecified atom stereocenters. The molecule has 0 amide bonds. The lowest BCUT2D eigenvalue weighted by molar-refractivity contribution is 0.0600. The van der Waals surface area contributed by atoms with E-state index >= 15 is 0 Å². The summed E-state index contributed by atoms with van der Waals surface area (Å²) in [5.41, 5.74) is 7.72. The molecule has 0 aliphatic carbocycles. The van der Waals surface area contributed by atoms with Gasteiger partial charge in [-0.3, -0.25) is 0 Å². The molecule has 2 nitrogen and oxygen atoms in total. The van der Waals surface area contributed by atoms with Crippen molar-refractivity contribution >= 4 is 32.7 Å². The van der Waals surface area contributed by atoms with Crippen LogP contribution in [0.4, 0.5) is 0 Å². The number of halogens is 1. The molecular formula is C29H27BrO2. The predicted molar refractivity (Wildman–Crippen MR) is 137 cm³/mol. The smallest absolute Gasteiger partial charge is 0.337 e. The lowest BCUT2D eigenvalue weighted by Crippen LogP contribution is -2.02. The molecule has 0 N–H and O–H groups in total. The van der Waals surface area contributed by atoms with Gasteiger partial charge in [0.1, 0.15) is 0 Å². The number of carbonyl (C=O) groups is 1. The molecular weight excluding hydrogens is 460 g/mol. The van der Waals surface area contributed by atoms with Crippen molar-refractivity contribution in [3.63, 3.8) is 0 Å². The number of esters is 1. The molecule has 4 rings (SSSR count). The van der Waals surface area contributed by atoms with Gasteiger partial charge in [0.2, 0.25) is 0 Å². The van der Waals surface area contributed by atoms with Gasteiger partial charge in [0.15, 0.2) is 0 Å². The lowest BCUT2D eigenvalue weighted by atomic mass is 9.92. The summed E-state index contributed by atoms with van der Waals surface area (Å²) in [7, 11) is 1.41. The summed E-state index contributed by atoms with van der Waals surface area (Å²) in [5, 5.41) is 3.09. The van der Waals surface area contributed by atoms with Crippen LogP contribution in [-0.4, -0.2) is 13.1 Å². The summed E-state index contributed by atoms with van der Waals surface area (Å²) in [6.45, 7) is 4.50. The van der Waals surface area contributed by atoms with Crippen LogP contribution in [0.25, 0.3) is 33.0 Å². The summed E-state index contributed by atoms with van der Waals surface area (Å²) < 4.78 is 4.87. The van der Waals surface area contributed by atoms with Crippen molar-refractivity contribution < 1.29 is 9.53 Å². The Morgan fingerprint density at radius 3 is 2.31 bits per heavy atom. The lowest BCUT2D eigenvalue weighted by Gasteiger charge is -2.13. The fraction of sp³-hybridized carbons (Fsp3) is 0.207. The monoisotopic (exact) mass is 486 g/mol. The molecule has 0 fully saturated rings. The first-order chi connectivity index (χ1) is 15.5. The first-order valence-corrected chi connectivity index (χ1v) is 12.0. The minimum absolute atomic E-state index is 0.318. The molecule has 0 heterocycles. The normalized spacial score (nSPS) is 11.2. The Hall–Kier alpha value is -2.91. The highest BCUT2D eigenvalue weighted by Crippen LogP contribution is 2.34. The molecule has 162 valence electrons. The third-order valence-corrected chi connectivity index (χ3v) is 6.37. The Morgan fingerprint density at radius 1 is 0.875 bits per heavy atom. The summed E-state index contributed by atoms with van der Waals surface area (Å²) in [5.74, 6) is 0.337. The minimum atomic E-state index is -0.318. The van der Waals surface area contributed by atoms with Crippen LogP contribution in [0.2, 0.25) is 0 Å². The number of ether oxygens (including phenoxy) is 1. The third kappa shape index (κ3) is 4.63. The van der Waals surface area contributed by atoms with Gasteiger partial charge >= 0.3 is 5.97 Å². The molecule has 0 aromatic heterocycles. The molecule has 4 aromatic carbocycles. The second-order valence-corrected chi connectivity index (χ2v) is 9.09. The molecule has 0 bridgehead atoms. The van der Waals surface area contributed by atoms with E-state index in [1.807, 2.05) is 18.2 Å². The fourth-order valence-electron chi connectivity index (χ4n) is 4.23. The van der Waals surface area contributed by atoms with E-state index in [-0.39, 0.29) is 5.97 Å². The maximum absolute atomic E-state index is 11.9. The maximum Gasteiger partial charge on any atom is 0.337 e. The number of hydrogen-bond acceptors (Lipinski definition) is 2. The van der Waals surface area contributed by atoms with Crippen LogP contribution in [0.5, 0.6) is 0 Å². The molecule has 0 radical (unpaired) electrons. The topological polar surface area (TPSA) is 26.3 Å². The number of methoxy groups -OCH3 is 1. The Labute approximate surface area is 198 Å². The van der Waals surface area contributed by atoms with E-state index < -0.39 is 0 Å². The maximum atomic E-state index is 11.9. The van der Waals surface area contributed by atoms with Gasteiger partial charge in [-0.25, -0.2) is 4.79 Å². The van der Waals surface area contributed by atoms with E-state index in [9.17, 15) is 4.79 Å². The van der Waals surface area contributed by atoms with E-state index in [1.54, 1.807) is 0 Å². The molecule has 32 heavy (non-hydrogen) atoms. The average Bonchev–Trinajstić information content (AvgIpc) is 2.82. The Kier molecular flexibility index (Phi) is 6.76. The van der Waals surface area contributed by atoms with Crippen LogP contribution in [0.1, 0.15) is 35.3 Å². The Bertz CT molecular complexity index is 1260. The Morgan fingerprint density at radius 2 is 1.62 bits per heavy atom. The van der Waals surface area contributed by atoms with Crippen LogP contribution >= 0.6 is 15.9 Å². The van der Waals surface area contributed by atoms with E-state index in [0.29, 0.717) is 16.8 Å². The summed E-state index contributed by atoms with van der Waals surface area (Å²) >= 11 is 3.57. The zero-order valence-corrected chi connectivity index (χ0v) is 20.3. The summed E-state index contributed by atoms with van der Waals surface area (Å²) in [6, 6.07) is 27.7. The second kappa shape index (κ2) is 9.70. The zero-order valence-electron chi connectivity index (χ0n) is 18.7. The van der Waals surface area contributed by atoms with Gasteiger partial charge in [0.05, 0.1) is 12.7 Å². The highest BCUT2D eigenvalue weighted by Gasteiger charge is 2.12. The number of fused-ring (bicyclic) bond motifs is 1. The quantitative estimate of drug-likeness (QED) is 0.203. The molecule has 0 saturated carbocycles. The van der Waals surface area contributed by atoms with Crippen molar-refractivity contribution in [2.24, 2.45) is 5.92 Å². The molecule has 3 heteroatoms. The van der Waals surface area contributed by atoms with Crippen molar-refractivity contribution in [3.05, 3.63) is 95.6 Å². The van der Waals surface area contributed by atoms with Crippen LogP contribution in [-0.2, 0) is 16.5 Å². The van der Waals surface area contributed by atoms with E-state index in [0.717, 1.165) is 23.1 Å². The predicted octanol–water partition coefficient (Wildman–Crippen LogP) is 8.05. The Balaban J connectivity index is 1.73. The van der Waals surface area contributed by atoms with Crippen LogP contribution < -0.4 is 0 Å². The van der Waals surface area contributed by atoms with Gasteiger partial charge in [-0.1, -0.05) is 90.4 Å². The van der Waals surface area contributed by atoms with Gasteiger partial charge in [-0.15, -0.1) is 0 Å². The fourth-order valence-corrected chi connectivity index (χ4v) is 4.69. The van der Waals surface area contributed by atoms with Crippen molar-refractivity contribution in [2.45, 2.75) is 25.6 Å². The van der Waals surface area contributed by atoms with E-state index in [1.165, 1.54) is 34.6 Å². The third-order valence-electron chi connectivity index (χ3n) is 5.77. The van der Waals surface area contributed by atoms with Crippen molar-refractivity contribution in [3.8, 4) is 22.3 Å². The van der Waals surface area contributed by atoms with E-state index in [4.69, 9.17) is 4.74 Å². The van der Waals surface area contributed by atoms with Gasteiger partial charge in [0, 0.05) is 5.33 Å². The number of carbonyl (C=O) groups excluding carboxylic acids is 1. The largest absolute Gasteiger partial charge is 0.465 e. The minimum Gasteiger partial charge on any atom is -0.465 e. The van der Waals surface area contributed by atoms with Gasteiger partial charge in [0.25, 0.3) is 0 Å². The standard InChI is InChI=1S/C29H27BrO2/c1-19(2)15-20-7-9-21(10-8-20)27-6-4-5-22-16-23(11-14-28(22)27)26-13-12-24(29(31)32-3)17-25(26)18-30/h4-14,16-17,19H,15,18H2,1-3H3. The van der Waals surface area contributed by atoms with Gasteiger partial charge in [-0.05, 0) is 74.7 Å². The van der Waals surface area contributed by atoms with E-state index in [2.05, 4.69) is 90.4 Å². The van der Waals surface area contributed by atoms with Crippen molar-refractivity contribution in [1.82, 2.24) is 0 Å². The first kappa shape index (κ1) is 22.3. The number of rotatable bonds is 6. The van der Waals surface area contributed by atoms with Gasteiger partial charge in [-0.2, -0.15) is 0 Å². The number of hydrogen-bond donors (Lipinski definition) is 0. The van der Waals surface area contributed by atoms with Crippen LogP contribution in [0.3, 0.4) is 0 Å². The zero-order chi connectivity index (χ0) is 22.7. The SMILES string of the molecule is COC(=O)c1ccc(-c2ccc3c(-c4ccc(CC(C)C)cc4)cccc3c2)c(CBr)c1. The second-order valence-electron chi connectivity index (χ2n) is 8.53. The molecule has 0 aliphatic rings. The van der Waals surface area contributed by atoms with Crippen molar-refractivity contribution in [1.29, 1.82) is 0 Å². The molecule has 4 aromatic rings.